The SMILES string of the molecule is CCCC[C@H](N[C@]1([C@H](CC(C)C)N[C@@]2([C@@H](Cc3ccccc3)N[C@]3(C(=O)CCC=O)SCC(c4ccccc4)S3)SCC(c3ccccc3)S2)SCC(c2ccccc2)S1)[C@@]1(N)SCC(c2ccccc2)S1. The van der Waals surface area contributed by atoms with Gasteiger partial charge in [0.2, 0.25) is 0 Å². The molecule has 4 aliphatic heterocycles. The maximum absolute atomic E-state index is 15.0. The number of nitrogens with one attached hydrogen (secondary N) is 3. The Kier molecular flexibility index (Phi) is 19.4. The zero-order valence-electron chi connectivity index (χ0n) is 41.6. The van der Waals surface area contributed by atoms with Crippen molar-refractivity contribution in [1.82, 2.24) is 16.0 Å². The number of hydrogen-bond donors (Lipinski definition) is 4. The fourth-order valence-corrected chi connectivity index (χ4v) is 24.5. The number of ketones is 1. The van der Waals surface area contributed by atoms with E-state index in [1.165, 1.54) is 27.8 Å². The number of carbonyl (C=O) groups is 2. The molecule has 0 bridgehead atoms. The number of thioether (sulfide) groups is 8. The van der Waals surface area contributed by atoms with Crippen molar-refractivity contribution in [3.63, 3.8) is 0 Å². The van der Waals surface area contributed by atoms with E-state index in [1.807, 2.05) is 47.0 Å². The summed E-state index contributed by atoms with van der Waals surface area (Å²) in [6.45, 7) is 7.04. The van der Waals surface area contributed by atoms with Gasteiger partial charge in [0.25, 0.3) is 0 Å². The largest absolute Gasteiger partial charge is 0.307 e. The molecular formula is C58H70N4O2S8. The van der Waals surface area contributed by atoms with E-state index in [9.17, 15) is 4.79 Å². The van der Waals surface area contributed by atoms with Crippen molar-refractivity contribution in [3.05, 3.63) is 179 Å². The van der Waals surface area contributed by atoms with E-state index in [0.717, 1.165) is 55.0 Å². The van der Waals surface area contributed by atoms with Gasteiger partial charge in [0, 0.05) is 68.9 Å². The minimum absolute atomic E-state index is 0.0208. The first kappa shape index (κ1) is 54.9. The zero-order valence-corrected chi connectivity index (χ0v) is 48.1. The van der Waals surface area contributed by atoms with Crippen LogP contribution in [0, 0.1) is 5.92 Å². The molecule has 4 heterocycles. The molecule has 0 amide bonds. The molecule has 4 fully saturated rings. The van der Waals surface area contributed by atoms with E-state index < -0.39 is 16.8 Å². The monoisotopic (exact) mass is 1110 g/mol. The highest BCUT2D eigenvalue weighted by Crippen LogP contribution is 2.63. The van der Waals surface area contributed by atoms with Crippen LogP contribution in [-0.2, 0) is 16.0 Å². The van der Waals surface area contributed by atoms with E-state index in [4.69, 9.17) is 5.73 Å². The van der Waals surface area contributed by atoms with E-state index in [-0.39, 0.29) is 52.5 Å². The maximum atomic E-state index is 15.0. The number of hydrogen-bond acceptors (Lipinski definition) is 14. The van der Waals surface area contributed by atoms with Crippen LogP contribution in [-0.4, -0.2) is 70.0 Å². The van der Waals surface area contributed by atoms with Crippen LogP contribution in [0.5, 0.6) is 0 Å². The molecule has 4 aliphatic rings. The second-order valence-corrected chi connectivity index (χ2v) is 31.6. The molecule has 9 rings (SSSR count). The number of aldehydes is 1. The standard InChI is InChI=1S/C58H70N4O2S8/c1-4-5-32-51(55(59)65-37-47(69-55)43-24-13-7-14-25-43)60-56(66-38-48(70-56)44-26-15-8-16-27-44)52(35-41(2)3)61-57(67-39-49(71-57)45-28-17-9-18-29-45)53(36-42-22-11-6-12-23-42)62-58(54(64)33-21-34-63)68-40-50(72-58)46-30-19-10-20-31-46/h6-20,22-31,34,41,47-53,60-62H,4-5,21,32-33,35-40,59H2,1-3H3/t47?,48?,49?,50?,51-,52-,53+,55+,56+,57-,58+/m0/s1. The van der Waals surface area contributed by atoms with Crippen molar-refractivity contribution >= 4 is 106 Å². The lowest BCUT2D eigenvalue weighted by molar-refractivity contribution is -0.121. The summed E-state index contributed by atoms with van der Waals surface area (Å²) in [5, 5.41) is 14.4. The van der Waals surface area contributed by atoms with E-state index in [0.29, 0.717) is 17.6 Å². The van der Waals surface area contributed by atoms with Crippen molar-refractivity contribution < 1.29 is 9.59 Å². The van der Waals surface area contributed by atoms with Gasteiger partial charge in [-0.25, -0.2) is 0 Å². The van der Waals surface area contributed by atoms with Crippen LogP contribution in [0.1, 0.15) is 108 Å². The molecular weight excluding hydrogens is 1040 g/mol. The van der Waals surface area contributed by atoms with Gasteiger partial charge in [0.1, 0.15) is 18.9 Å². The number of carbonyl (C=O) groups excluding carboxylic acids is 2. The smallest absolute Gasteiger partial charge is 0.174 e. The molecule has 5 aromatic rings. The average Bonchev–Trinajstić information content (AvgIpc) is 4.25. The van der Waals surface area contributed by atoms with Crippen LogP contribution in [0.15, 0.2) is 152 Å². The molecule has 0 spiro atoms. The highest BCUT2D eigenvalue weighted by molar-refractivity contribution is 8.23. The van der Waals surface area contributed by atoms with Crippen LogP contribution in [0.2, 0.25) is 0 Å². The van der Waals surface area contributed by atoms with Crippen molar-refractivity contribution in [2.75, 3.05) is 23.0 Å². The summed E-state index contributed by atoms with van der Waals surface area (Å²) < 4.78 is -2.58. The summed E-state index contributed by atoms with van der Waals surface area (Å²) in [7, 11) is 0. The highest BCUT2D eigenvalue weighted by Gasteiger charge is 2.59. The van der Waals surface area contributed by atoms with Gasteiger partial charge in [-0.15, -0.1) is 94.1 Å². The van der Waals surface area contributed by atoms with Gasteiger partial charge in [-0.3, -0.25) is 20.7 Å². The van der Waals surface area contributed by atoms with Crippen molar-refractivity contribution in [2.24, 2.45) is 11.7 Å². The molecule has 0 aromatic heterocycles. The molecule has 5 N–H and O–H groups in total. The van der Waals surface area contributed by atoms with Gasteiger partial charge in [-0.1, -0.05) is 185 Å². The Hall–Kier alpha value is -1.92. The Morgan fingerprint density at radius 2 is 1.03 bits per heavy atom. The highest BCUT2D eigenvalue weighted by atomic mass is 32.2. The molecule has 382 valence electrons. The molecule has 0 saturated carbocycles. The predicted molar refractivity (Wildman–Crippen MR) is 322 cm³/mol. The molecule has 4 saturated heterocycles. The molecule has 6 nitrogen and oxygen atoms in total. The first-order chi connectivity index (χ1) is 35.0. The van der Waals surface area contributed by atoms with Crippen LogP contribution >= 0.6 is 94.1 Å². The van der Waals surface area contributed by atoms with Gasteiger partial charge in [0.15, 0.2) is 9.99 Å². The lowest BCUT2D eigenvalue weighted by Gasteiger charge is -2.50. The zero-order chi connectivity index (χ0) is 50.0. The van der Waals surface area contributed by atoms with E-state index in [1.54, 1.807) is 23.5 Å². The Balaban J connectivity index is 1.16. The van der Waals surface area contributed by atoms with Gasteiger partial charge in [-0.05, 0) is 53.0 Å². The quantitative estimate of drug-likeness (QED) is 0.0442. The number of benzene rings is 5. The minimum Gasteiger partial charge on any atom is -0.307 e. The van der Waals surface area contributed by atoms with Crippen molar-refractivity contribution in [3.8, 4) is 0 Å². The first-order valence-corrected chi connectivity index (χ1v) is 33.1. The lowest BCUT2D eigenvalue weighted by Crippen LogP contribution is -2.69. The Morgan fingerprint density at radius 3 is 1.53 bits per heavy atom. The molecule has 5 aromatic carbocycles. The van der Waals surface area contributed by atoms with Crippen LogP contribution in [0.3, 0.4) is 0 Å². The van der Waals surface area contributed by atoms with Gasteiger partial charge in [0.05, 0.1) is 6.04 Å². The fraction of sp³-hybridized carbons (Fsp3) is 0.448. The Bertz CT molecular complexity index is 2490. The van der Waals surface area contributed by atoms with Crippen LogP contribution < -0.4 is 21.7 Å². The first-order valence-electron chi connectivity index (χ1n) is 25.6. The Morgan fingerprint density at radius 1 is 0.583 bits per heavy atom. The van der Waals surface area contributed by atoms with E-state index in [2.05, 4.69) is 212 Å². The number of nitrogens with two attached hydrogens (primary N) is 1. The Labute approximate surface area is 463 Å². The summed E-state index contributed by atoms with van der Waals surface area (Å²) in [5.41, 5.74) is 14.3. The third-order valence-corrected chi connectivity index (χ3v) is 28.3. The maximum Gasteiger partial charge on any atom is 0.174 e. The van der Waals surface area contributed by atoms with E-state index >= 15 is 4.79 Å². The summed E-state index contributed by atoms with van der Waals surface area (Å²) in [6.07, 6.45) is 6.09. The predicted octanol–water partition coefficient (Wildman–Crippen LogP) is 14.3. The lowest BCUT2D eigenvalue weighted by atomic mass is 10.00. The second kappa shape index (κ2) is 25.5. The molecule has 4 unspecified atom stereocenters. The average molecular weight is 1110 g/mol. The normalized spacial score (nSPS) is 29.6. The molecule has 0 radical (unpaired) electrons. The third kappa shape index (κ3) is 13.1. The van der Waals surface area contributed by atoms with Gasteiger partial charge < -0.3 is 10.5 Å². The second-order valence-electron chi connectivity index (χ2n) is 19.7. The number of Topliss-reactive ketones (excluding diaryl/α,β-unsaturated/α-hetero) is 1. The minimum atomic E-state index is -0.967. The molecule has 11 atom stereocenters. The van der Waals surface area contributed by atoms with Crippen molar-refractivity contribution in [1.29, 1.82) is 0 Å². The number of unbranched alkanes of at least 4 members (excludes halogenated alkanes) is 1. The summed E-state index contributed by atoms with van der Waals surface area (Å²) in [5.74, 6) is 4.10. The summed E-state index contributed by atoms with van der Waals surface area (Å²) in [4.78, 5) is 27.0. The molecule has 0 aliphatic carbocycles. The van der Waals surface area contributed by atoms with Crippen molar-refractivity contribution in [2.45, 2.75) is 122 Å². The van der Waals surface area contributed by atoms with Crippen LogP contribution in [0.25, 0.3) is 0 Å². The topological polar surface area (TPSA) is 96.2 Å². The molecule has 14 heteroatoms. The third-order valence-electron chi connectivity index (χ3n) is 14.0. The van der Waals surface area contributed by atoms with Gasteiger partial charge in [-0.2, -0.15) is 0 Å². The van der Waals surface area contributed by atoms with Crippen LogP contribution in [0.4, 0.5) is 0 Å². The summed E-state index contributed by atoms with van der Waals surface area (Å²) >= 11 is 15.6. The molecule has 72 heavy (non-hydrogen) atoms. The van der Waals surface area contributed by atoms with Gasteiger partial charge >= 0.3 is 0 Å². The number of rotatable bonds is 24. The fourth-order valence-electron chi connectivity index (χ4n) is 10.2. The summed E-state index contributed by atoms with van der Waals surface area (Å²) in [6, 6.07) is 54.3.